The van der Waals surface area contributed by atoms with Crippen LogP contribution in [0.15, 0.2) is 77.2 Å². The average Bonchev–Trinajstić information content (AvgIpc) is 3.54. The van der Waals surface area contributed by atoms with Crippen LogP contribution in [0.1, 0.15) is 49.1 Å². The smallest absolute Gasteiger partial charge is 0.404 e. The summed E-state index contributed by atoms with van der Waals surface area (Å²) in [6.07, 6.45) is 4.13. The van der Waals surface area contributed by atoms with Crippen molar-refractivity contribution < 1.29 is 33.1 Å². The molecule has 15 heteroatoms. The minimum Gasteiger partial charge on any atom is -0.404 e. The second-order valence-electron chi connectivity index (χ2n) is 11.6. The van der Waals surface area contributed by atoms with Crippen molar-refractivity contribution in [2.45, 2.75) is 49.0 Å². The Hall–Kier alpha value is -4.07. The highest BCUT2D eigenvalue weighted by molar-refractivity contribution is 7.99. The fourth-order valence-electron chi connectivity index (χ4n) is 6.63. The number of hydrogen-bond donors (Lipinski definition) is 2. The van der Waals surface area contributed by atoms with Crippen LogP contribution in [0.25, 0.3) is 5.57 Å². The number of rotatable bonds is 12. The summed E-state index contributed by atoms with van der Waals surface area (Å²) in [4.78, 5) is 46.6. The van der Waals surface area contributed by atoms with Gasteiger partial charge >= 0.3 is 7.82 Å². The summed E-state index contributed by atoms with van der Waals surface area (Å²) in [6.45, 7) is 2.21. The fourth-order valence-corrected chi connectivity index (χ4v) is 8.39. The number of phosphoric acid groups is 1. The highest BCUT2D eigenvalue weighted by Gasteiger charge is 2.39. The number of nitro groups is 2. The number of nitrogens with zero attached hydrogens (tertiary/aromatic N) is 3. The summed E-state index contributed by atoms with van der Waals surface area (Å²) < 4.78 is 23.8. The Morgan fingerprint density at radius 2 is 1.85 bits per heavy atom. The predicted octanol–water partition coefficient (Wildman–Crippen LogP) is 6.93. The first-order valence-corrected chi connectivity index (χ1v) is 17.7. The number of nitrogens with one attached hydrogen (secondary N) is 1. The van der Waals surface area contributed by atoms with Crippen LogP contribution in [0.4, 0.5) is 17.1 Å². The molecule has 2 unspecified atom stereocenters. The van der Waals surface area contributed by atoms with Gasteiger partial charge in [0.15, 0.2) is 0 Å². The topological polar surface area (TPSA) is 174 Å². The van der Waals surface area contributed by atoms with E-state index < -0.39 is 23.4 Å². The Morgan fingerprint density at radius 3 is 2.62 bits per heavy atom. The van der Waals surface area contributed by atoms with Gasteiger partial charge in [-0.05, 0) is 84.8 Å². The molecule has 0 bridgehead atoms. The SMILES string of the molecule is O=C(CCSc1ccc([N+](=O)[O-])cc1[N+](=O)[O-])Nc1ccc(OP(=O)(O)OCC2CC3=C(CCN4CCC[C@@H]34)c3ccccc32)cc1. The Balaban J connectivity index is 1.01. The Labute approximate surface area is 274 Å². The summed E-state index contributed by atoms with van der Waals surface area (Å²) in [5, 5.41) is 24.9. The molecule has 1 amide bonds. The lowest BCUT2D eigenvalue weighted by atomic mass is 9.74. The summed E-state index contributed by atoms with van der Waals surface area (Å²) in [6, 6.07) is 18.0. The van der Waals surface area contributed by atoms with E-state index in [-0.39, 0.29) is 46.9 Å². The number of nitro benzene ring substituents is 2. The molecule has 1 aliphatic carbocycles. The Morgan fingerprint density at radius 1 is 1.06 bits per heavy atom. The maximum atomic E-state index is 13.0. The van der Waals surface area contributed by atoms with E-state index in [1.165, 1.54) is 59.5 Å². The standard InChI is InChI=1S/C32H33N4O9PS/c37-32(14-17-47-31-12-9-23(35(38)39)19-30(31)36(40)41)33-22-7-10-24(11-8-22)45-46(42,43)44-20-21-18-28-27(26-5-2-1-4-25(21)26)13-16-34-15-3-6-29(28)34/h1-2,4-5,7-12,19,21,29H,3,6,13-18,20H2,(H,33,37)(H,42,43)/t21?,29-/m0/s1. The van der Waals surface area contributed by atoms with Gasteiger partial charge in [-0.15, -0.1) is 11.8 Å². The van der Waals surface area contributed by atoms with Crippen molar-refractivity contribution in [3.63, 3.8) is 0 Å². The number of amides is 1. The van der Waals surface area contributed by atoms with E-state index >= 15 is 0 Å². The number of carbonyl (C=O) groups excluding carboxylic acids is 1. The molecule has 0 radical (unpaired) electrons. The minimum absolute atomic E-state index is 0.0121. The van der Waals surface area contributed by atoms with E-state index in [0.717, 1.165) is 55.7 Å². The maximum Gasteiger partial charge on any atom is 0.527 e. The third kappa shape index (κ3) is 7.58. The molecule has 2 aliphatic heterocycles. The van der Waals surface area contributed by atoms with Crippen LogP contribution < -0.4 is 9.84 Å². The van der Waals surface area contributed by atoms with E-state index in [9.17, 15) is 34.5 Å². The molecular formula is C32H33N4O9PS. The fraction of sp³-hybridized carbons (Fsp3) is 0.344. The molecule has 0 saturated carbocycles. The van der Waals surface area contributed by atoms with Gasteiger partial charge in [0.25, 0.3) is 11.4 Å². The highest BCUT2D eigenvalue weighted by Crippen LogP contribution is 2.50. The zero-order valence-electron chi connectivity index (χ0n) is 25.3. The molecule has 13 nitrogen and oxygen atoms in total. The zero-order chi connectivity index (χ0) is 33.1. The molecule has 3 aromatic rings. The van der Waals surface area contributed by atoms with Crippen LogP contribution in [0.2, 0.25) is 0 Å². The number of non-ortho nitro benzene ring substituents is 1. The molecule has 6 rings (SSSR count). The second kappa shape index (κ2) is 14.0. The first-order valence-electron chi connectivity index (χ1n) is 15.3. The van der Waals surface area contributed by atoms with Gasteiger partial charge in [0.05, 0.1) is 27.4 Å². The molecule has 1 saturated heterocycles. The molecule has 47 heavy (non-hydrogen) atoms. The van der Waals surface area contributed by atoms with Gasteiger partial charge < -0.3 is 9.84 Å². The Kier molecular flexibility index (Phi) is 9.76. The molecule has 3 aliphatic rings. The van der Waals surface area contributed by atoms with Crippen LogP contribution >= 0.6 is 19.6 Å². The molecule has 2 N–H and O–H groups in total. The normalized spacial score (nSPS) is 20.0. The van der Waals surface area contributed by atoms with Gasteiger partial charge in [0, 0.05) is 42.4 Å². The van der Waals surface area contributed by atoms with Crippen LogP contribution in [0.3, 0.4) is 0 Å². The van der Waals surface area contributed by atoms with Crippen molar-refractivity contribution in [1.29, 1.82) is 0 Å². The zero-order valence-corrected chi connectivity index (χ0v) is 27.0. The maximum absolute atomic E-state index is 13.0. The summed E-state index contributed by atoms with van der Waals surface area (Å²) >= 11 is 1.04. The lowest BCUT2D eigenvalue weighted by molar-refractivity contribution is -0.396. The number of benzene rings is 3. The first kappa shape index (κ1) is 32.9. The number of fused-ring (bicyclic) bond motifs is 4. The van der Waals surface area contributed by atoms with Crippen molar-refractivity contribution in [2.24, 2.45) is 0 Å². The van der Waals surface area contributed by atoms with Crippen molar-refractivity contribution in [3.05, 3.63) is 104 Å². The number of phosphoric ester groups is 1. The van der Waals surface area contributed by atoms with E-state index in [4.69, 9.17) is 9.05 Å². The van der Waals surface area contributed by atoms with Crippen LogP contribution in [-0.4, -0.2) is 57.0 Å². The largest absolute Gasteiger partial charge is 0.527 e. The number of anilines is 1. The van der Waals surface area contributed by atoms with E-state index in [2.05, 4.69) is 22.3 Å². The molecular weight excluding hydrogens is 647 g/mol. The first-order chi connectivity index (χ1) is 22.6. The molecule has 0 aromatic heterocycles. The average molecular weight is 681 g/mol. The van der Waals surface area contributed by atoms with E-state index in [1.807, 2.05) is 12.1 Å². The van der Waals surface area contributed by atoms with Crippen LogP contribution in [0, 0.1) is 20.2 Å². The molecule has 0 spiro atoms. The summed E-state index contributed by atoms with van der Waals surface area (Å²) in [5.41, 5.74) is 4.82. The predicted molar refractivity (Wildman–Crippen MR) is 177 cm³/mol. The third-order valence-electron chi connectivity index (χ3n) is 8.73. The molecule has 246 valence electrons. The Bertz CT molecular complexity index is 1780. The lowest BCUT2D eigenvalue weighted by Gasteiger charge is -2.40. The molecule has 3 aromatic carbocycles. The lowest BCUT2D eigenvalue weighted by Crippen LogP contribution is -2.38. The van der Waals surface area contributed by atoms with Gasteiger partial charge in [-0.1, -0.05) is 24.3 Å². The summed E-state index contributed by atoms with van der Waals surface area (Å²) in [7, 11) is -4.46. The van der Waals surface area contributed by atoms with Crippen molar-refractivity contribution in [1.82, 2.24) is 4.90 Å². The van der Waals surface area contributed by atoms with Crippen LogP contribution in [-0.2, 0) is 13.9 Å². The van der Waals surface area contributed by atoms with Gasteiger partial charge in [-0.3, -0.25) is 39.3 Å². The van der Waals surface area contributed by atoms with Gasteiger partial charge in [-0.25, -0.2) is 4.57 Å². The van der Waals surface area contributed by atoms with Gasteiger partial charge in [0.1, 0.15) is 5.75 Å². The molecule has 3 atom stereocenters. The molecule has 1 fully saturated rings. The number of carbonyl (C=O) groups is 1. The number of thioether (sulfide) groups is 1. The van der Waals surface area contributed by atoms with E-state index in [0.29, 0.717) is 11.7 Å². The van der Waals surface area contributed by atoms with Gasteiger partial charge in [0.2, 0.25) is 5.91 Å². The van der Waals surface area contributed by atoms with Gasteiger partial charge in [-0.2, -0.15) is 0 Å². The number of hydrogen-bond acceptors (Lipinski definition) is 10. The highest BCUT2D eigenvalue weighted by atomic mass is 32.2. The van der Waals surface area contributed by atoms with E-state index in [1.54, 1.807) is 0 Å². The third-order valence-corrected chi connectivity index (χ3v) is 10.7. The van der Waals surface area contributed by atoms with Crippen molar-refractivity contribution >= 4 is 48.1 Å². The second-order valence-corrected chi connectivity index (χ2v) is 14.1. The van der Waals surface area contributed by atoms with Crippen molar-refractivity contribution in [3.8, 4) is 5.75 Å². The minimum atomic E-state index is -4.46. The molecule has 2 heterocycles. The quantitative estimate of drug-likeness (QED) is 0.0878. The monoisotopic (exact) mass is 680 g/mol. The van der Waals surface area contributed by atoms with Crippen LogP contribution in [0.5, 0.6) is 5.75 Å². The summed E-state index contributed by atoms with van der Waals surface area (Å²) in [5.74, 6) is -0.147. The van der Waals surface area contributed by atoms with Crippen molar-refractivity contribution in [2.75, 3.05) is 30.8 Å².